The molecule has 17 heteroatoms. The smallest absolute Gasteiger partial charge is 0.280 e. The first-order valence-electron chi connectivity index (χ1n) is 21.6. The third-order valence-corrected chi connectivity index (χ3v) is 12.9. The minimum absolute atomic E-state index is 0.000104. The first kappa shape index (κ1) is 48.2. The van der Waals surface area contributed by atoms with E-state index >= 15 is 0 Å². The van der Waals surface area contributed by atoms with Gasteiger partial charge in [-0.25, -0.2) is 9.65 Å². The van der Waals surface area contributed by atoms with Crippen molar-refractivity contribution in [2.24, 2.45) is 5.92 Å². The van der Waals surface area contributed by atoms with Gasteiger partial charge in [0.15, 0.2) is 17.4 Å². The van der Waals surface area contributed by atoms with Crippen molar-refractivity contribution in [3.05, 3.63) is 112 Å². The second kappa shape index (κ2) is 22.1. The standard InChI is InChI=1S/C47H60N7O9P/c1-10-26-59-41-40(63-64(61-27-14-25-48)54(31(4)5)32(6)7)38(62-45(41)53-29-49-39-42(53)50-46(52-44(39)56)51-43(55)30(2)3)28-60-47(33-15-12-11-13-16-33,34-17-21-36(57-8)22-18-34)35-19-23-37(58-9)24-20-35/h11-13,15-24,29-32,38,40-41,45H,10,14,26-28H2,1-9H3,(H2,50,51,52,55,56)/t38-,40-,41-,45-,64?/m1/s1. The van der Waals surface area contributed by atoms with Crippen molar-refractivity contribution in [1.29, 1.82) is 5.26 Å². The van der Waals surface area contributed by atoms with Gasteiger partial charge in [-0.2, -0.15) is 10.2 Å². The summed E-state index contributed by atoms with van der Waals surface area (Å²) in [5, 5.41) is 12.2. The Morgan fingerprint density at radius 1 is 0.922 bits per heavy atom. The minimum atomic E-state index is -1.82. The van der Waals surface area contributed by atoms with Gasteiger partial charge in [-0.15, -0.1) is 0 Å². The molecule has 342 valence electrons. The van der Waals surface area contributed by atoms with Gasteiger partial charge in [0.2, 0.25) is 11.9 Å². The number of carbonyl (C=O) groups excluding carboxylic acids is 1. The van der Waals surface area contributed by atoms with Crippen LogP contribution in [-0.2, 0) is 33.7 Å². The zero-order chi connectivity index (χ0) is 46.0. The van der Waals surface area contributed by atoms with E-state index in [-0.39, 0.29) is 60.7 Å². The van der Waals surface area contributed by atoms with Crippen LogP contribution in [0.5, 0.6) is 11.5 Å². The van der Waals surface area contributed by atoms with E-state index in [0.29, 0.717) is 24.5 Å². The molecule has 0 spiro atoms. The third-order valence-electron chi connectivity index (χ3n) is 10.8. The number of imidazole rings is 1. The van der Waals surface area contributed by atoms with Gasteiger partial charge < -0.3 is 32.7 Å². The SMILES string of the molecule is CCCO[C@@H]1[C@H](OP(OCCC#N)N(C(C)C)C(C)C)[C@@H](COC(c2ccccc2)(c2ccc(OC)cc2)c2ccc(OC)cc2)O[C@H]1n1cnc2c(=O)[nH]c(NC(=O)C(C)C)nc21. The zero-order valence-corrected chi connectivity index (χ0v) is 38.9. The maximum atomic E-state index is 13.4. The maximum Gasteiger partial charge on any atom is 0.280 e. The first-order chi connectivity index (χ1) is 30.9. The molecule has 5 aromatic rings. The molecular weight excluding hydrogens is 838 g/mol. The van der Waals surface area contributed by atoms with Crippen molar-refractivity contribution in [1.82, 2.24) is 24.2 Å². The fraction of sp³-hybridized carbons (Fsp3) is 0.468. The average Bonchev–Trinajstić information content (AvgIpc) is 3.87. The number of methoxy groups -OCH3 is 2. The van der Waals surface area contributed by atoms with Gasteiger partial charge in [-0.05, 0) is 75.1 Å². The lowest BCUT2D eigenvalue weighted by Crippen LogP contribution is -2.43. The van der Waals surface area contributed by atoms with Crippen LogP contribution in [0.25, 0.3) is 11.2 Å². The number of aromatic amines is 1. The van der Waals surface area contributed by atoms with Gasteiger partial charge in [0, 0.05) is 24.6 Å². The van der Waals surface area contributed by atoms with Crippen molar-refractivity contribution in [2.45, 2.75) is 104 Å². The van der Waals surface area contributed by atoms with E-state index in [1.807, 2.05) is 85.8 Å². The summed E-state index contributed by atoms with van der Waals surface area (Å²) in [4.78, 5) is 38.0. The van der Waals surface area contributed by atoms with Gasteiger partial charge in [-0.1, -0.05) is 75.4 Å². The Hall–Kier alpha value is -5.24. The van der Waals surface area contributed by atoms with Gasteiger partial charge in [0.25, 0.3) is 14.1 Å². The molecule has 2 aromatic heterocycles. The predicted molar refractivity (Wildman–Crippen MR) is 244 cm³/mol. The molecule has 1 saturated heterocycles. The summed E-state index contributed by atoms with van der Waals surface area (Å²) in [5.41, 5.74) is 0.974. The molecule has 1 unspecified atom stereocenters. The van der Waals surface area contributed by atoms with Crippen LogP contribution in [0.2, 0.25) is 0 Å². The molecule has 1 fully saturated rings. The predicted octanol–water partition coefficient (Wildman–Crippen LogP) is 8.09. The van der Waals surface area contributed by atoms with Gasteiger partial charge >= 0.3 is 0 Å². The number of amides is 1. The summed E-state index contributed by atoms with van der Waals surface area (Å²) < 4.78 is 49.8. The number of aromatic nitrogens is 4. The molecule has 0 saturated carbocycles. The summed E-state index contributed by atoms with van der Waals surface area (Å²) in [5.74, 6) is 0.655. The van der Waals surface area contributed by atoms with Crippen LogP contribution in [0, 0.1) is 17.2 Å². The number of fused-ring (bicyclic) bond motifs is 1. The molecule has 1 aliphatic heterocycles. The van der Waals surface area contributed by atoms with Crippen LogP contribution >= 0.6 is 8.53 Å². The Kier molecular flexibility index (Phi) is 16.7. The Labute approximate surface area is 376 Å². The molecule has 5 atom stereocenters. The number of H-pyrrole nitrogens is 1. The Bertz CT molecular complexity index is 2310. The fourth-order valence-electron chi connectivity index (χ4n) is 7.74. The number of hydrogen-bond donors (Lipinski definition) is 2. The lowest BCUT2D eigenvalue weighted by Gasteiger charge is -2.39. The quantitative estimate of drug-likeness (QED) is 0.0386. The normalized spacial score (nSPS) is 18.2. The van der Waals surface area contributed by atoms with E-state index in [9.17, 15) is 14.9 Å². The van der Waals surface area contributed by atoms with Crippen molar-refractivity contribution in [3.63, 3.8) is 0 Å². The monoisotopic (exact) mass is 897 g/mol. The van der Waals surface area contributed by atoms with Crippen molar-refractivity contribution < 1.29 is 37.5 Å². The van der Waals surface area contributed by atoms with E-state index < -0.39 is 44.2 Å². The number of nitrogens with zero attached hydrogens (tertiary/aromatic N) is 5. The highest BCUT2D eigenvalue weighted by Crippen LogP contribution is 2.51. The number of hydrogen-bond acceptors (Lipinski definition) is 13. The van der Waals surface area contributed by atoms with Crippen LogP contribution in [0.4, 0.5) is 5.95 Å². The molecule has 1 aliphatic rings. The number of nitriles is 1. The van der Waals surface area contributed by atoms with Crippen LogP contribution in [0.15, 0.2) is 90.0 Å². The molecule has 64 heavy (non-hydrogen) atoms. The molecule has 2 N–H and O–H groups in total. The zero-order valence-electron chi connectivity index (χ0n) is 38.0. The number of anilines is 1. The second-order valence-corrected chi connectivity index (χ2v) is 17.6. The number of benzene rings is 3. The van der Waals surface area contributed by atoms with E-state index in [2.05, 4.69) is 58.7 Å². The van der Waals surface area contributed by atoms with Crippen molar-refractivity contribution in [3.8, 4) is 17.6 Å². The second-order valence-electron chi connectivity index (χ2n) is 16.2. The van der Waals surface area contributed by atoms with Crippen LogP contribution < -0.4 is 20.3 Å². The maximum absolute atomic E-state index is 13.4. The summed E-state index contributed by atoms with van der Waals surface area (Å²) >= 11 is 0. The largest absolute Gasteiger partial charge is 0.497 e. The lowest BCUT2D eigenvalue weighted by molar-refractivity contribution is -0.118. The Morgan fingerprint density at radius 3 is 2.08 bits per heavy atom. The van der Waals surface area contributed by atoms with Crippen LogP contribution in [0.3, 0.4) is 0 Å². The van der Waals surface area contributed by atoms with Crippen LogP contribution in [-0.4, -0.2) is 94.5 Å². The summed E-state index contributed by atoms with van der Waals surface area (Å²) in [7, 11) is 1.43. The fourth-order valence-corrected chi connectivity index (χ4v) is 9.51. The van der Waals surface area contributed by atoms with Gasteiger partial charge in [0.05, 0.1) is 46.3 Å². The van der Waals surface area contributed by atoms with E-state index in [1.165, 1.54) is 6.33 Å². The van der Waals surface area contributed by atoms with Crippen molar-refractivity contribution >= 4 is 31.5 Å². The Balaban J connectivity index is 1.52. The molecule has 6 rings (SSSR count). The molecule has 0 aliphatic carbocycles. The summed E-state index contributed by atoms with van der Waals surface area (Å²) in [6.07, 6.45) is -1.12. The summed E-state index contributed by atoms with van der Waals surface area (Å²) in [6.45, 7) is 14.2. The molecular formula is C47H60N7O9P. The highest BCUT2D eigenvalue weighted by atomic mass is 31.2. The number of carbonyl (C=O) groups is 1. The molecule has 3 heterocycles. The van der Waals surface area contributed by atoms with Crippen LogP contribution in [0.1, 0.15) is 84.2 Å². The summed E-state index contributed by atoms with van der Waals surface area (Å²) in [6, 6.07) is 27.7. The Morgan fingerprint density at radius 2 is 1.53 bits per heavy atom. The number of nitrogens with one attached hydrogen (secondary N) is 2. The van der Waals surface area contributed by atoms with E-state index in [1.54, 1.807) is 32.6 Å². The molecule has 16 nitrogen and oxygen atoms in total. The molecule has 1 amide bonds. The highest BCUT2D eigenvalue weighted by molar-refractivity contribution is 7.44. The molecule has 3 aromatic carbocycles. The molecule has 0 radical (unpaired) electrons. The van der Waals surface area contributed by atoms with E-state index in [4.69, 9.17) is 32.7 Å². The third kappa shape index (κ3) is 10.6. The van der Waals surface area contributed by atoms with Crippen molar-refractivity contribution in [2.75, 3.05) is 39.4 Å². The number of ether oxygens (including phenoxy) is 5. The molecule has 0 bridgehead atoms. The highest BCUT2D eigenvalue weighted by Gasteiger charge is 2.52. The van der Waals surface area contributed by atoms with Gasteiger partial charge in [-0.3, -0.25) is 24.5 Å². The van der Waals surface area contributed by atoms with E-state index in [0.717, 1.165) is 16.7 Å². The number of rotatable bonds is 22. The first-order valence-corrected chi connectivity index (χ1v) is 22.8. The average molecular weight is 898 g/mol. The topological polar surface area (TPSA) is 184 Å². The lowest BCUT2D eigenvalue weighted by atomic mass is 9.80. The van der Waals surface area contributed by atoms with Gasteiger partial charge in [0.1, 0.15) is 35.4 Å². The minimum Gasteiger partial charge on any atom is -0.497 e.